The Balaban J connectivity index is 2.51. The summed E-state index contributed by atoms with van der Waals surface area (Å²) in [5.74, 6) is 0.385. The lowest BCUT2D eigenvalue weighted by atomic mass is 10.0. The van der Waals surface area contributed by atoms with Gasteiger partial charge in [0.1, 0.15) is 0 Å². The summed E-state index contributed by atoms with van der Waals surface area (Å²) in [6.45, 7) is 5.97. The van der Waals surface area contributed by atoms with Gasteiger partial charge in [0.15, 0.2) is 0 Å². The molecule has 0 aliphatic carbocycles. The van der Waals surface area contributed by atoms with Crippen molar-refractivity contribution in [2.45, 2.75) is 43.4 Å². The van der Waals surface area contributed by atoms with Crippen LogP contribution in [0.25, 0.3) is 0 Å². The van der Waals surface area contributed by atoms with Gasteiger partial charge >= 0.3 is 0 Å². The Kier molecular flexibility index (Phi) is 7.41. The van der Waals surface area contributed by atoms with E-state index in [0.29, 0.717) is 10.9 Å². The number of hydrogen-bond donors (Lipinski definition) is 2. The Labute approximate surface area is 130 Å². The van der Waals surface area contributed by atoms with Gasteiger partial charge in [0.05, 0.1) is 17.9 Å². The number of aliphatic hydroxyl groups is 1. The number of rotatable bonds is 7. The van der Waals surface area contributed by atoms with Crippen LogP contribution in [0.1, 0.15) is 27.2 Å². The molecule has 0 saturated heterocycles. The van der Waals surface area contributed by atoms with Crippen LogP contribution in [-0.2, 0) is 4.79 Å². The molecule has 5 heteroatoms. The van der Waals surface area contributed by atoms with Gasteiger partial charge in [-0.2, -0.15) is 0 Å². The smallest absolute Gasteiger partial charge is 0.233 e. The molecule has 1 rings (SSSR count). The summed E-state index contributed by atoms with van der Waals surface area (Å²) in [6, 6.07) is 7.24. The zero-order valence-corrected chi connectivity index (χ0v) is 13.7. The first kappa shape index (κ1) is 17.3. The molecule has 1 aromatic carbocycles. The molecule has 20 heavy (non-hydrogen) atoms. The fraction of sp³-hybridized carbons (Fsp3) is 0.533. The van der Waals surface area contributed by atoms with Crippen molar-refractivity contribution in [2.24, 2.45) is 5.92 Å². The van der Waals surface area contributed by atoms with Crippen LogP contribution in [0.15, 0.2) is 29.2 Å². The number of amides is 1. The summed E-state index contributed by atoms with van der Waals surface area (Å²) in [6.07, 6.45) is 0.778. The lowest BCUT2D eigenvalue weighted by molar-refractivity contribution is -0.121. The van der Waals surface area contributed by atoms with E-state index in [2.05, 4.69) is 19.2 Å². The van der Waals surface area contributed by atoms with E-state index < -0.39 is 0 Å². The van der Waals surface area contributed by atoms with Crippen molar-refractivity contribution in [3.05, 3.63) is 29.3 Å². The highest BCUT2D eigenvalue weighted by atomic mass is 35.5. The van der Waals surface area contributed by atoms with E-state index >= 15 is 0 Å². The minimum atomic E-state index is -0.211. The summed E-state index contributed by atoms with van der Waals surface area (Å²) >= 11 is 7.31. The van der Waals surface area contributed by atoms with E-state index in [1.54, 1.807) is 0 Å². The molecule has 0 saturated carbocycles. The largest absolute Gasteiger partial charge is 0.394 e. The average molecular weight is 316 g/mol. The van der Waals surface area contributed by atoms with Crippen molar-refractivity contribution < 1.29 is 9.90 Å². The SMILES string of the molecule is CC(C)CC(CO)NC(=O)C(C)Sc1ccc(Cl)cc1. The van der Waals surface area contributed by atoms with E-state index in [1.165, 1.54) is 11.8 Å². The number of thioether (sulfide) groups is 1. The molecule has 0 spiro atoms. The van der Waals surface area contributed by atoms with Gasteiger partial charge in [-0.3, -0.25) is 4.79 Å². The second-order valence-corrected chi connectivity index (χ2v) is 7.08. The minimum Gasteiger partial charge on any atom is -0.394 e. The van der Waals surface area contributed by atoms with Crippen LogP contribution < -0.4 is 5.32 Å². The first-order chi connectivity index (χ1) is 9.42. The van der Waals surface area contributed by atoms with Crippen LogP contribution in [0.3, 0.4) is 0 Å². The first-order valence-corrected chi connectivity index (χ1v) is 8.01. The predicted octanol–water partition coefficient (Wildman–Crippen LogP) is 3.34. The molecule has 3 nitrogen and oxygen atoms in total. The highest BCUT2D eigenvalue weighted by Gasteiger charge is 2.18. The van der Waals surface area contributed by atoms with Crippen LogP contribution in [-0.4, -0.2) is 28.9 Å². The molecule has 0 radical (unpaired) electrons. The highest BCUT2D eigenvalue weighted by Crippen LogP contribution is 2.24. The minimum absolute atomic E-state index is 0.0255. The van der Waals surface area contributed by atoms with E-state index in [0.717, 1.165) is 11.3 Å². The average Bonchev–Trinajstić information content (AvgIpc) is 2.39. The van der Waals surface area contributed by atoms with Crippen LogP contribution in [0.2, 0.25) is 5.02 Å². The van der Waals surface area contributed by atoms with Crippen LogP contribution in [0.5, 0.6) is 0 Å². The first-order valence-electron chi connectivity index (χ1n) is 6.75. The molecule has 0 aliphatic heterocycles. The third kappa shape index (κ3) is 6.16. The van der Waals surface area contributed by atoms with Crippen molar-refractivity contribution >= 4 is 29.3 Å². The van der Waals surface area contributed by atoms with Crippen molar-refractivity contribution in [1.82, 2.24) is 5.32 Å². The van der Waals surface area contributed by atoms with Gasteiger partial charge in [-0.05, 0) is 43.5 Å². The molecular formula is C15H22ClNO2S. The maximum Gasteiger partial charge on any atom is 0.233 e. The van der Waals surface area contributed by atoms with Gasteiger partial charge in [0.2, 0.25) is 5.91 Å². The molecule has 0 bridgehead atoms. The van der Waals surface area contributed by atoms with E-state index in [-0.39, 0.29) is 23.8 Å². The normalized spacial score (nSPS) is 14.1. The number of halogens is 1. The summed E-state index contributed by atoms with van der Waals surface area (Å²) in [5.41, 5.74) is 0. The van der Waals surface area contributed by atoms with Crippen LogP contribution in [0.4, 0.5) is 0 Å². The second kappa shape index (κ2) is 8.55. The van der Waals surface area contributed by atoms with Gasteiger partial charge < -0.3 is 10.4 Å². The molecule has 0 aliphatic rings. The van der Waals surface area contributed by atoms with Gasteiger partial charge in [-0.15, -0.1) is 11.8 Å². The van der Waals surface area contributed by atoms with Crippen molar-refractivity contribution in [3.8, 4) is 0 Å². The molecule has 1 aromatic rings. The van der Waals surface area contributed by atoms with Gasteiger partial charge in [-0.1, -0.05) is 25.4 Å². The Morgan fingerprint density at radius 3 is 2.40 bits per heavy atom. The summed E-state index contributed by atoms with van der Waals surface area (Å²) in [7, 11) is 0. The Morgan fingerprint density at radius 2 is 1.90 bits per heavy atom. The summed E-state index contributed by atoms with van der Waals surface area (Å²) in [5, 5.41) is 12.7. The number of carbonyl (C=O) groups excluding carboxylic acids is 1. The maximum absolute atomic E-state index is 12.1. The van der Waals surface area contributed by atoms with Gasteiger partial charge in [-0.25, -0.2) is 0 Å². The number of aliphatic hydroxyl groups excluding tert-OH is 1. The predicted molar refractivity (Wildman–Crippen MR) is 85.2 cm³/mol. The monoisotopic (exact) mass is 315 g/mol. The number of nitrogens with one attached hydrogen (secondary N) is 1. The van der Waals surface area contributed by atoms with Crippen LogP contribution in [0, 0.1) is 5.92 Å². The van der Waals surface area contributed by atoms with E-state index in [4.69, 9.17) is 11.6 Å². The Hall–Kier alpha value is -0.710. The molecule has 2 unspecified atom stereocenters. The third-order valence-electron chi connectivity index (χ3n) is 2.82. The van der Waals surface area contributed by atoms with E-state index in [9.17, 15) is 9.90 Å². The summed E-state index contributed by atoms with van der Waals surface area (Å²) in [4.78, 5) is 13.1. The van der Waals surface area contributed by atoms with Gasteiger partial charge in [0, 0.05) is 9.92 Å². The number of carbonyl (C=O) groups is 1. The fourth-order valence-corrected chi connectivity index (χ4v) is 2.84. The zero-order chi connectivity index (χ0) is 15.1. The molecule has 2 N–H and O–H groups in total. The molecule has 0 heterocycles. The van der Waals surface area contributed by atoms with Gasteiger partial charge in [0.25, 0.3) is 0 Å². The topological polar surface area (TPSA) is 49.3 Å². The number of hydrogen-bond acceptors (Lipinski definition) is 3. The maximum atomic E-state index is 12.1. The summed E-state index contributed by atoms with van der Waals surface area (Å²) < 4.78 is 0. The standard InChI is InChI=1S/C15H22ClNO2S/c1-10(2)8-13(9-18)17-15(19)11(3)20-14-6-4-12(16)5-7-14/h4-7,10-11,13,18H,8-9H2,1-3H3,(H,17,19). The zero-order valence-electron chi connectivity index (χ0n) is 12.1. The van der Waals surface area contributed by atoms with Crippen molar-refractivity contribution in [3.63, 3.8) is 0 Å². The lowest BCUT2D eigenvalue weighted by Gasteiger charge is -2.20. The molecule has 1 amide bonds. The third-order valence-corrected chi connectivity index (χ3v) is 4.18. The van der Waals surface area contributed by atoms with Crippen LogP contribution >= 0.6 is 23.4 Å². The fourth-order valence-electron chi connectivity index (χ4n) is 1.84. The molecule has 0 fully saturated rings. The van der Waals surface area contributed by atoms with Crippen molar-refractivity contribution in [1.29, 1.82) is 0 Å². The quantitative estimate of drug-likeness (QED) is 0.759. The number of benzene rings is 1. The Bertz CT molecular complexity index is 422. The lowest BCUT2D eigenvalue weighted by Crippen LogP contribution is -2.42. The Morgan fingerprint density at radius 1 is 1.30 bits per heavy atom. The molecule has 112 valence electrons. The highest BCUT2D eigenvalue weighted by molar-refractivity contribution is 8.00. The molecule has 2 atom stereocenters. The second-order valence-electron chi connectivity index (χ2n) is 5.23. The molecule has 0 aromatic heterocycles. The van der Waals surface area contributed by atoms with E-state index in [1.807, 2.05) is 31.2 Å². The molecular weight excluding hydrogens is 294 g/mol. The van der Waals surface area contributed by atoms with Crippen molar-refractivity contribution in [2.75, 3.05) is 6.61 Å².